The Balaban J connectivity index is 0.00000200. The van der Waals surface area contributed by atoms with Gasteiger partial charge in [-0.1, -0.05) is 6.92 Å². The maximum atomic E-state index is 11.4. The Kier molecular flexibility index (Phi) is 6.50. The summed E-state index contributed by atoms with van der Waals surface area (Å²) in [4.78, 5) is 30.2. The number of amides is 3. The van der Waals surface area contributed by atoms with Gasteiger partial charge in [0.25, 0.3) is 0 Å². The van der Waals surface area contributed by atoms with Crippen molar-refractivity contribution in [3.63, 3.8) is 0 Å². The molecule has 7 nitrogen and oxygen atoms in total. The van der Waals surface area contributed by atoms with Gasteiger partial charge in [-0.15, -0.1) is 24.0 Å². The van der Waals surface area contributed by atoms with E-state index in [1.165, 1.54) is 11.3 Å². The molecule has 0 saturated carbocycles. The standard InChI is InChI=1S/C12H21N5O2.HI/c1-9-3-2-5-16(8-9)11(13)14-4-6-17-10(18)7-15-12(17)19;/h9H,2-8H2,1H3,(H2,13,14)(H,15,19);1H. The van der Waals surface area contributed by atoms with Gasteiger partial charge in [0.1, 0.15) is 0 Å². The largest absolute Gasteiger partial charge is 0.370 e. The number of nitrogens with one attached hydrogen (secondary N) is 1. The summed E-state index contributed by atoms with van der Waals surface area (Å²) >= 11 is 0. The Hall–Kier alpha value is -1.06. The molecule has 0 radical (unpaired) electrons. The lowest BCUT2D eigenvalue weighted by molar-refractivity contribution is -0.124. The average molecular weight is 395 g/mol. The van der Waals surface area contributed by atoms with Gasteiger partial charge in [-0.05, 0) is 18.8 Å². The summed E-state index contributed by atoms with van der Waals surface area (Å²) in [7, 11) is 0. The van der Waals surface area contributed by atoms with Gasteiger partial charge in [0.15, 0.2) is 5.96 Å². The highest BCUT2D eigenvalue weighted by Gasteiger charge is 2.27. The Morgan fingerprint density at radius 2 is 2.25 bits per heavy atom. The minimum absolute atomic E-state index is 0. The van der Waals surface area contributed by atoms with Crippen LogP contribution in [-0.4, -0.2) is 60.4 Å². The molecule has 0 aromatic heterocycles. The van der Waals surface area contributed by atoms with E-state index in [9.17, 15) is 9.59 Å². The van der Waals surface area contributed by atoms with Crippen LogP contribution in [0, 0.1) is 5.92 Å². The van der Waals surface area contributed by atoms with Crippen LogP contribution in [-0.2, 0) is 4.79 Å². The molecule has 2 fully saturated rings. The molecule has 8 heteroatoms. The summed E-state index contributed by atoms with van der Waals surface area (Å²) in [6.07, 6.45) is 2.36. The maximum Gasteiger partial charge on any atom is 0.324 e. The first-order chi connectivity index (χ1) is 9.08. The van der Waals surface area contributed by atoms with Gasteiger partial charge in [-0.25, -0.2) is 4.79 Å². The van der Waals surface area contributed by atoms with Crippen molar-refractivity contribution >= 4 is 41.9 Å². The fourth-order valence-electron chi connectivity index (χ4n) is 2.44. The lowest BCUT2D eigenvalue weighted by Gasteiger charge is -2.31. The number of aliphatic imine (C=N–C) groups is 1. The zero-order valence-corrected chi connectivity index (χ0v) is 14.0. The van der Waals surface area contributed by atoms with Crippen LogP contribution >= 0.6 is 24.0 Å². The number of guanidine groups is 1. The van der Waals surface area contributed by atoms with Crippen LogP contribution < -0.4 is 11.1 Å². The minimum Gasteiger partial charge on any atom is -0.370 e. The number of nitrogens with zero attached hydrogens (tertiary/aromatic N) is 3. The number of carbonyl (C=O) groups excluding carboxylic acids is 2. The molecular formula is C12H22IN5O2. The topological polar surface area (TPSA) is 91.0 Å². The van der Waals surface area contributed by atoms with Crippen molar-refractivity contribution in [2.75, 3.05) is 32.7 Å². The molecule has 2 aliphatic rings. The minimum atomic E-state index is -0.342. The van der Waals surface area contributed by atoms with E-state index in [0.29, 0.717) is 18.4 Å². The quantitative estimate of drug-likeness (QED) is 0.309. The lowest BCUT2D eigenvalue weighted by atomic mass is 10.0. The van der Waals surface area contributed by atoms with Crippen molar-refractivity contribution in [1.82, 2.24) is 15.1 Å². The maximum absolute atomic E-state index is 11.4. The van der Waals surface area contributed by atoms with E-state index in [1.54, 1.807) is 0 Å². The van der Waals surface area contributed by atoms with Crippen molar-refractivity contribution in [1.29, 1.82) is 0 Å². The molecule has 3 N–H and O–H groups in total. The number of likely N-dealkylation sites (tertiary alicyclic amines) is 1. The van der Waals surface area contributed by atoms with E-state index in [-0.39, 0.29) is 49.0 Å². The van der Waals surface area contributed by atoms with Crippen LogP contribution in [0.25, 0.3) is 0 Å². The predicted octanol–water partition coefficient (Wildman–Crippen LogP) is 0.203. The van der Waals surface area contributed by atoms with Gasteiger partial charge in [0.05, 0.1) is 19.6 Å². The molecule has 2 rings (SSSR count). The van der Waals surface area contributed by atoms with Gasteiger partial charge in [0, 0.05) is 13.1 Å². The predicted molar refractivity (Wildman–Crippen MR) is 87.0 cm³/mol. The monoisotopic (exact) mass is 395 g/mol. The zero-order chi connectivity index (χ0) is 13.8. The van der Waals surface area contributed by atoms with Crippen LogP contribution in [0.2, 0.25) is 0 Å². The summed E-state index contributed by atoms with van der Waals surface area (Å²) in [6.45, 7) is 4.79. The highest BCUT2D eigenvalue weighted by Crippen LogP contribution is 2.14. The third kappa shape index (κ3) is 4.22. The summed E-state index contributed by atoms with van der Waals surface area (Å²) in [5, 5.41) is 2.47. The first-order valence-corrected chi connectivity index (χ1v) is 6.71. The van der Waals surface area contributed by atoms with Gasteiger partial charge in [-0.3, -0.25) is 14.7 Å². The molecule has 2 saturated heterocycles. The number of piperidine rings is 1. The first-order valence-electron chi connectivity index (χ1n) is 6.71. The number of hydrogen-bond acceptors (Lipinski definition) is 3. The first kappa shape index (κ1) is 17.0. The fourth-order valence-corrected chi connectivity index (χ4v) is 2.44. The van der Waals surface area contributed by atoms with Crippen molar-refractivity contribution in [2.24, 2.45) is 16.6 Å². The second kappa shape index (κ2) is 7.65. The third-order valence-corrected chi connectivity index (χ3v) is 3.52. The lowest BCUT2D eigenvalue weighted by Crippen LogP contribution is -2.44. The number of halogens is 1. The second-order valence-electron chi connectivity index (χ2n) is 5.14. The summed E-state index contributed by atoms with van der Waals surface area (Å²) in [6, 6.07) is -0.342. The Labute approximate surface area is 136 Å². The summed E-state index contributed by atoms with van der Waals surface area (Å²) < 4.78 is 0. The van der Waals surface area contributed by atoms with Gasteiger partial charge >= 0.3 is 6.03 Å². The molecule has 0 spiro atoms. The van der Waals surface area contributed by atoms with Crippen molar-refractivity contribution in [3.8, 4) is 0 Å². The van der Waals surface area contributed by atoms with E-state index in [2.05, 4.69) is 22.1 Å². The molecule has 3 amide bonds. The number of imide groups is 1. The van der Waals surface area contributed by atoms with Gasteiger partial charge < -0.3 is 16.0 Å². The normalized spacial score (nSPS) is 23.6. The third-order valence-electron chi connectivity index (χ3n) is 3.52. The van der Waals surface area contributed by atoms with Crippen LogP contribution in [0.3, 0.4) is 0 Å². The Bertz CT molecular complexity index is 385. The second-order valence-corrected chi connectivity index (χ2v) is 5.14. The summed E-state index contributed by atoms with van der Waals surface area (Å²) in [5.74, 6) is 0.942. The highest BCUT2D eigenvalue weighted by molar-refractivity contribution is 14.0. The number of urea groups is 1. The highest BCUT2D eigenvalue weighted by atomic mass is 127. The molecule has 114 valence electrons. The van der Waals surface area contributed by atoms with E-state index in [4.69, 9.17) is 5.73 Å². The Morgan fingerprint density at radius 1 is 1.50 bits per heavy atom. The van der Waals surface area contributed by atoms with Crippen molar-refractivity contribution in [2.45, 2.75) is 19.8 Å². The molecule has 2 aliphatic heterocycles. The fraction of sp³-hybridized carbons (Fsp3) is 0.750. The SMILES string of the molecule is CC1CCCN(C(N)=NCCN2C(=O)CNC2=O)C1.I. The molecule has 0 aliphatic carbocycles. The van der Waals surface area contributed by atoms with Gasteiger partial charge in [-0.2, -0.15) is 0 Å². The van der Waals surface area contributed by atoms with Crippen LogP contribution in [0.4, 0.5) is 4.79 Å². The molecule has 0 aromatic rings. The molecule has 1 unspecified atom stereocenters. The molecule has 20 heavy (non-hydrogen) atoms. The number of nitrogens with two attached hydrogens (primary N) is 1. The van der Waals surface area contributed by atoms with Crippen molar-refractivity contribution in [3.05, 3.63) is 0 Å². The number of hydrogen-bond donors (Lipinski definition) is 2. The van der Waals surface area contributed by atoms with Crippen LogP contribution in [0.1, 0.15) is 19.8 Å². The molecule has 2 heterocycles. The van der Waals surface area contributed by atoms with E-state index in [0.717, 1.165) is 19.5 Å². The van der Waals surface area contributed by atoms with E-state index >= 15 is 0 Å². The number of carbonyl (C=O) groups is 2. The average Bonchev–Trinajstić information content (AvgIpc) is 2.70. The smallest absolute Gasteiger partial charge is 0.324 e. The van der Waals surface area contributed by atoms with Crippen LogP contribution in [0.15, 0.2) is 4.99 Å². The molecule has 1 atom stereocenters. The molecule has 0 aromatic carbocycles. The van der Waals surface area contributed by atoms with Gasteiger partial charge in [0.2, 0.25) is 5.91 Å². The Morgan fingerprint density at radius 3 is 2.85 bits per heavy atom. The van der Waals surface area contributed by atoms with Crippen molar-refractivity contribution < 1.29 is 9.59 Å². The molecule has 0 bridgehead atoms. The van der Waals surface area contributed by atoms with E-state index < -0.39 is 0 Å². The molecular weight excluding hydrogens is 373 g/mol. The van der Waals surface area contributed by atoms with E-state index in [1.807, 2.05) is 0 Å². The summed E-state index contributed by atoms with van der Waals surface area (Å²) in [5.41, 5.74) is 5.94. The zero-order valence-electron chi connectivity index (χ0n) is 11.7. The number of rotatable bonds is 3. The van der Waals surface area contributed by atoms with Crippen LogP contribution in [0.5, 0.6) is 0 Å².